The smallest absolute Gasteiger partial charge is 0.229 e. The number of hydrogen-bond donors (Lipinski definition) is 1. The maximum Gasteiger partial charge on any atom is 0.229 e. The lowest BCUT2D eigenvalue weighted by Crippen LogP contribution is -2.21. The highest BCUT2D eigenvalue weighted by Gasteiger charge is 2.33. The predicted octanol–water partition coefficient (Wildman–Crippen LogP) is 2.12. The van der Waals surface area contributed by atoms with Gasteiger partial charge in [0, 0.05) is 7.11 Å². The summed E-state index contributed by atoms with van der Waals surface area (Å²) in [5.74, 6) is 1.47. The summed E-state index contributed by atoms with van der Waals surface area (Å²) in [7, 11) is 1.64. The van der Waals surface area contributed by atoms with Crippen LogP contribution in [0.15, 0.2) is 4.52 Å². The molecule has 0 aliphatic heterocycles. The van der Waals surface area contributed by atoms with Gasteiger partial charge in [0.2, 0.25) is 11.7 Å². The van der Waals surface area contributed by atoms with E-state index in [1.807, 2.05) is 0 Å². The van der Waals surface area contributed by atoms with Gasteiger partial charge in [0.15, 0.2) is 0 Å². The Morgan fingerprint density at radius 1 is 1.44 bits per heavy atom. The Morgan fingerprint density at radius 2 is 2.11 bits per heavy atom. The number of aliphatic hydroxyl groups is 1. The lowest BCUT2D eigenvalue weighted by atomic mass is 9.88. The van der Waals surface area contributed by atoms with Crippen LogP contribution in [0.5, 0.6) is 0 Å². The molecule has 1 heterocycles. The minimum absolute atomic E-state index is 0.0923. The SMILES string of the molecule is COC(c1noc(CC(O)C2CC2)n1)C(C)(C)C. The first-order valence-corrected chi connectivity index (χ1v) is 6.45. The Balaban J connectivity index is 2.04. The molecule has 0 radical (unpaired) electrons. The lowest BCUT2D eigenvalue weighted by molar-refractivity contribution is 0.00718. The zero-order chi connectivity index (χ0) is 13.3. The highest BCUT2D eigenvalue weighted by Crippen LogP contribution is 2.35. The average molecular weight is 254 g/mol. The molecule has 102 valence electrons. The number of ether oxygens (including phenoxy) is 1. The van der Waals surface area contributed by atoms with Crippen molar-refractivity contribution in [2.45, 2.75) is 52.2 Å². The van der Waals surface area contributed by atoms with Gasteiger partial charge in [0.25, 0.3) is 0 Å². The third-order valence-corrected chi connectivity index (χ3v) is 3.29. The van der Waals surface area contributed by atoms with Gasteiger partial charge in [-0.1, -0.05) is 25.9 Å². The molecule has 0 saturated heterocycles. The van der Waals surface area contributed by atoms with Crippen molar-refractivity contribution in [1.82, 2.24) is 10.1 Å². The van der Waals surface area contributed by atoms with Crippen LogP contribution in [0.4, 0.5) is 0 Å². The molecule has 1 N–H and O–H groups in total. The number of nitrogens with zero attached hydrogens (tertiary/aromatic N) is 2. The van der Waals surface area contributed by atoms with Crippen molar-refractivity contribution in [3.05, 3.63) is 11.7 Å². The molecule has 1 aliphatic carbocycles. The Hall–Kier alpha value is -0.940. The number of rotatable bonds is 5. The normalized spacial score (nSPS) is 19.8. The molecule has 2 rings (SSSR count). The Kier molecular flexibility index (Phi) is 3.73. The van der Waals surface area contributed by atoms with Crippen LogP contribution < -0.4 is 0 Å². The minimum Gasteiger partial charge on any atom is -0.392 e. The van der Waals surface area contributed by atoms with E-state index in [-0.39, 0.29) is 17.6 Å². The van der Waals surface area contributed by atoms with Crippen molar-refractivity contribution >= 4 is 0 Å². The second-order valence-corrected chi connectivity index (χ2v) is 6.14. The lowest BCUT2D eigenvalue weighted by Gasteiger charge is -2.26. The molecule has 2 unspecified atom stereocenters. The maximum absolute atomic E-state index is 9.85. The third-order valence-electron chi connectivity index (χ3n) is 3.29. The molecule has 5 heteroatoms. The molecule has 0 aromatic carbocycles. The van der Waals surface area contributed by atoms with Crippen LogP contribution in [0.2, 0.25) is 0 Å². The second kappa shape index (κ2) is 4.97. The Bertz CT molecular complexity index is 393. The Morgan fingerprint density at radius 3 is 2.61 bits per heavy atom. The monoisotopic (exact) mass is 254 g/mol. The highest BCUT2D eigenvalue weighted by molar-refractivity contribution is 4.98. The van der Waals surface area contributed by atoms with Crippen LogP contribution in [0.3, 0.4) is 0 Å². The van der Waals surface area contributed by atoms with Crippen LogP contribution in [0.25, 0.3) is 0 Å². The molecule has 5 nitrogen and oxygen atoms in total. The third kappa shape index (κ3) is 3.09. The number of hydrogen-bond acceptors (Lipinski definition) is 5. The summed E-state index contributed by atoms with van der Waals surface area (Å²) in [5.41, 5.74) is -0.0923. The van der Waals surface area contributed by atoms with E-state index in [4.69, 9.17) is 9.26 Å². The number of methoxy groups -OCH3 is 1. The van der Waals surface area contributed by atoms with Crippen LogP contribution in [0.1, 0.15) is 51.4 Å². The Labute approximate surface area is 108 Å². The van der Waals surface area contributed by atoms with E-state index in [2.05, 4.69) is 30.9 Å². The quantitative estimate of drug-likeness (QED) is 0.871. The van der Waals surface area contributed by atoms with E-state index in [1.54, 1.807) is 7.11 Å². The van der Waals surface area contributed by atoms with E-state index in [1.165, 1.54) is 0 Å². The fraction of sp³-hybridized carbons (Fsp3) is 0.846. The van der Waals surface area contributed by atoms with Gasteiger partial charge in [-0.25, -0.2) is 0 Å². The predicted molar refractivity (Wildman–Crippen MR) is 65.9 cm³/mol. The van der Waals surface area contributed by atoms with Gasteiger partial charge < -0.3 is 14.4 Å². The number of aliphatic hydroxyl groups excluding tert-OH is 1. The van der Waals surface area contributed by atoms with E-state index in [0.717, 1.165) is 12.8 Å². The molecule has 18 heavy (non-hydrogen) atoms. The zero-order valence-electron chi connectivity index (χ0n) is 11.5. The van der Waals surface area contributed by atoms with Crippen LogP contribution in [-0.4, -0.2) is 28.5 Å². The summed E-state index contributed by atoms with van der Waals surface area (Å²) in [6.45, 7) is 6.20. The van der Waals surface area contributed by atoms with E-state index in [9.17, 15) is 5.11 Å². The van der Waals surface area contributed by atoms with Crippen molar-refractivity contribution in [3.8, 4) is 0 Å². The second-order valence-electron chi connectivity index (χ2n) is 6.14. The van der Waals surface area contributed by atoms with Gasteiger partial charge in [-0.2, -0.15) is 4.98 Å². The molecule has 0 spiro atoms. The molecule has 1 aromatic heterocycles. The summed E-state index contributed by atoms with van der Waals surface area (Å²) in [4.78, 5) is 4.34. The topological polar surface area (TPSA) is 68.4 Å². The molecule has 2 atom stereocenters. The fourth-order valence-corrected chi connectivity index (χ4v) is 2.13. The molecular weight excluding hydrogens is 232 g/mol. The average Bonchev–Trinajstić information content (AvgIpc) is 3.01. The molecule has 1 saturated carbocycles. The molecule has 1 aliphatic rings. The van der Waals surface area contributed by atoms with Crippen molar-refractivity contribution in [1.29, 1.82) is 0 Å². The zero-order valence-corrected chi connectivity index (χ0v) is 11.5. The van der Waals surface area contributed by atoms with Crippen molar-refractivity contribution in [2.24, 2.45) is 11.3 Å². The van der Waals surface area contributed by atoms with Gasteiger partial charge in [-0.05, 0) is 24.2 Å². The van der Waals surface area contributed by atoms with Crippen molar-refractivity contribution in [2.75, 3.05) is 7.11 Å². The standard InChI is InChI=1S/C13H22N2O3/c1-13(2,3)11(17-4)12-14-10(18-15-12)7-9(16)8-5-6-8/h8-9,11,16H,5-7H2,1-4H3. The van der Waals surface area contributed by atoms with Crippen LogP contribution >= 0.6 is 0 Å². The summed E-state index contributed by atoms with van der Waals surface area (Å²) >= 11 is 0. The van der Waals surface area contributed by atoms with E-state index < -0.39 is 0 Å². The summed E-state index contributed by atoms with van der Waals surface area (Å²) < 4.78 is 10.6. The molecule has 1 aromatic rings. The summed E-state index contributed by atoms with van der Waals surface area (Å²) in [6, 6.07) is 0. The first-order valence-electron chi connectivity index (χ1n) is 6.45. The summed E-state index contributed by atoms with van der Waals surface area (Å²) in [6.07, 6.45) is 2.09. The van der Waals surface area contributed by atoms with Gasteiger partial charge in [0.05, 0.1) is 12.5 Å². The van der Waals surface area contributed by atoms with Gasteiger partial charge >= 0.3 is 0 Å². The highest BCUT2D eigenvalue weighted by atomic mass is 16.5. The van der Waals surface area contributed by atoms with Crippen molar-refractivity contribution < 1.29 is 14.4 Å². The van der Waals surface area contributed by atoms with Crippen LogP contribution in [0, 0.1) is 11.3 Å². The minimum atomic E-state index is -0.353. The maximum atomic E-state index is 9.85. The largest absolute Gasteiger partial charge is 0.392 e. The van der Waals surface area contributed by atoms with Gasteiger partial charge in [-0.15, -0.1) is 0 Å². The first-order chi connectivity index (χ1) is 8.41. The summed E-state index contributed by atoms with van der Waals surface area (Å²) in [5, 5.41) is 13.8. The van der Waals surface area contributed by atoms with Gasteiger partial charge in [-0.3, -0.25) is 0 Å². The molecular formula is C13H22N2O3. The van der Waals surface area contributed by atoms with Crippen LogP contribution in [-0.2, 0) is 11.2 Å². The fourth-order valence-electron chi connectivity index (χ4n) is 2.13. The van der Waals surface area contributed by atoms with E-state index >= 15 is 0 Å². The number of aromatic nitrogens is 2. The van der Waals surface area contributed by atoms with Crippen molar-refractivity contribution in [3.63, 3.8) is 0 Å². The molecule has 0 bridgehead atoms. The molecule has 0 amide bonds. The molecule has 1 fully saturated rings. The van der Waals surface area contributed by atoms with Gasteiger partial charge in [0.1, 0.15) is 6.10 Å². The van der Waals surface area contributed by atoms with E-state index in [0.29, 0.717) is 24.1 Å². The first kappa shape index (κ1) is 13.5.